The number of ketones is 1. The number of aromatic nitrogens is 1. The minimum atomic E-state index is -0.122. The Kier molecular flexibility index (Phi) is 5.64. The number of allylic oxidation sites excluding steroid dienone is 1. The molecule has 1 aromatic heterocycles. The van der Waals surface area contributed by atoms with E-state index in [1.54, 1.807) is 43.7 Å². The Morgan fingerprint density at radius 1 is 1.00 bits per heavy atom. The van der Waals surface area contributed by atoms with E-state index in [4.69, 9.17) is 18.9 Å². The highest BCUT2D eigenvalue weighted by Gasteiger charge is 2.15. The first-order valence-electron chi connectivity index (χ1n) is 10.5. The van der Waals surface area contributed by atoms with Gasteiger partial charge in [0, 0.05) is 22.7 Å². The zero-order valence-corrected chi connectivity index (χ0v) is 18.0. The largest absolute Gasteiger partial charge is 0.496 e. The van der Waals surface area contributed by atoms with E-state index in [-0.39, 0.29) is 12.6 Å². The Bertz CT molecular complexity index is 1360. The Hall–Kier alpha value is -4.32. The van der Waals surface area contributed by atoms with Gasteiger partial charge in [-0.05, 0) is 54.1 Å². The van der Waals surface area contributed by atoms with Crippen molar-refractivity contribution in [2.24, 2.45) is 0 Å². The van der Waals surface area contributed by atoms with Crippen molar-refractivity contribution in [2.75, 3.05) is 13.9 Å². The van der Waals surface area contributed by atoms with Gasteiger partial charge in [0.2, 0.25) is 6.79 Å². The SMILES string of the molecule is COc1ccc(/C=C/C(=O)c2ccc3c(c2)OCO3)cc1COc1cccc2cccnc12. The van der Waals surface area contributed by atoms with Gasteiger partial charge in [-0.15, -0.1) is 0 Å². The number of hydrogen-bond acceptors (Lipinski definition) is 6. The van der Waals surface area contributed by atoms with Gasteiger partial charge in [-0.3, -0.25) is 9.78 Å². The summed E-state index contributed by atoms with van der Waals surface area (Å²) in [5, 5.41) is 1.01. The summed E-state index contributed by atoms with van der Waals surface area (Å²) in [5.74, 6) is 2.53. The maximum Gasteiger partial charge on any atom is 0.231 e. The predicted molar refractivity (Wildman–Crippen MR) is 125 cm³/mol. The van der Waals surface area contributed by atoms with E-state index >= 15 is 0 Å². The molecule has 0 unspecified atom stereocenters. The molecule has 0 N–H and O–H groups in total. The molecule has 1 aliphatic rings. The number of rotatable bonds is 7. The zero-order chi connectivity index (χ0) is 22.6. The van der Waals surface area contributed by atoms with Crippen molar-refractivity contribution < 1.29 is 23.7 Å². The van der Waals surface area contributed by atoms with E-state index in [9.17, 15) is 4.79 Å². The lowest BCUT2D eigenvalue weighted by atomic mass is 10.1. The van der Waals surface area contributed by atoms with E-state index in [1.807, 2.05) is 48.5 Å². The van der Waals surface area contributed by atoms with Crippen LogP contribution >= 0.6 is 0 Å². The minimum Gasteiger partial charge on any atom is -0.496 e. The number of para-hydroxylation sites is 1. The monoisotopic (exact) mass is 439 g/mol. The highest BCUT2D eigenvalue weighted by molar-refractivity contribution is 6.07. The van der Waals surface area contributed by atoms with Crippen molar-refractivity contribution in [1.82, 2.24) is 4.98 Å². The number of fused-ring (bicyclic) bond motifs is 2. The van der Waals surface area contributed by atoms with Crippen LogP contribution in [0.15, 0.2) is 79.0 Å². The molecule has 5 rings (SSSR count). The molecule has 2 heterocycles. The summed E-state index contributed by atoms with van der Waals surface area (Å²) in [4.78, 5) is 17.1. The minimum absolute atomic E-state index is 0.122. The summed E-state index contributed by atoms with van der Waals surface area (Å²) >= 11 is 0. The smallest absolute Gasteiger partial charge is 0.231 e. The maximum atomic E-state index is 12.6. The van der Waals surface area contributed by atoms with Crippen molar-refractivity contribution >= 4 is 22.8 Å². The molecule has 3 aromatic carbocycles. The molecule has 0 aliphatic carbocycles. The summed E-state index contributed by atoms with van der Waals surface area (Å²) in [6.07, 6.45) is 5.06. The van der Waals surface area contributed by atoms with Crippen LogP contribution < -0.4 is 18.9 Å². The highest BCUT2D eigenvalue weighted by Crippen LogP contribution is 2.33. The fourth-order valence-corrected chi connectivity index (χ4v) is 3.68. The normalized spacial score (nSPS) is 12.3. The number of methoxy groups -OCH3 is 1. The fourth-order valence-electron chi connectivity index (χ4n) is 3.68. The number of carbonyl (C=O) groups excluding carboxylic acids is 1. The van der Waals surface area contributed by atoms with Gasteiger partial charge in [-0.1, -0.05) is 30.3 Å². The molecule has 0 radical (unpaired) electrons. The van der Waals surface area contributed by atoms with E-state index in [0.29, 0.717) is 35.2 Å². The van der Waals surface area contributed by atoms with Gasteiger partial charge in [-0.2, -0.15) is 0 Å². The maximum absolute atomic E-state index is 12.6. The van der Waals surface area contributed by atoms with Crippen molar-refractivity contribution in [3.05, 3.63) is 95.7 Å². The molecule has 0 fully saturated rings. The molecule has 0 spiro atoms. The van der Waals surface area contributed by atoms with Gasteiger partial charge in [0.05, 0.1) is 7.11 Å². The lowest BCUT2D eigenvalue weighted by molar-refractivity contribution is 0.104. The number of ether oxygens (including phenoxy) is 4. The third-order valence-corrected chi connectivity index (χ3v) is 5.37. The molecular formula is C27H21NO5. The van der Waals surface area contributed by atoms with Gasteiger partial charge in [-0.25, -0.2) is 0 Å². The molecule has 0 saturated carbocycles. The Morgan fingerprint density at radius 2 is 1.88 bits per heavy atom. The summed E-state index contributed by atoms with van der Waals surface area (Å²) in [6, 6.07) is 20.6. The number of nitrogens with zero attached hydrogens (tertiary/aromatic N) is 1. The van der Waals surface area contributed by atoms with E-state index < -0.39 is 0 Å². The third-order valence-electron chi connectivity index (χ3n) is 5.37. The van der Waals surface area contributed by atoms with E-state index in [0.717, 1.165) is 22.0 Å². The number of hydrogen-bond donors (Lipinski definition) is 0. The summed E-state index contributed by atoms with van der Waals surface area (Å²) in [7, 11) is 1.62. The molecule has 33 heavy (non-hydrogen) atoms. The van der Waals surface area contributed by atoms with Crippen molar-refractivity contribution in [1.29, 1.82) is 0 Å². The van der Waals surface area contributed by atoms with Crippen LogP contribution in [0.3, 0.4) is 0 Å². The number of carbonyl (C=O) groups is 1. The summed E-state index contributed by atoms with van der Waals surface area (Å²) in [6.45, 7) is 0.477. The standard InChI is InChI=1S/C27H21NO5/c1-30-23-11-8-18(7-10-22(29)20-9-12-24-26(15-20)33-17-32-24)14-21(23)16-31-25-6-2-4-19-5-3-13-28-27(19)25/h2-15H,16-17H2,1H3/b10-7+. The molecule has 1 aliphatic heterocycles. The topological polar surface area (TPSA) is 66.9 Å². The molecule has 0 bridgehead atoms. The zero-order valence-electron chi connectivity index (χ0n) is 18.0. The first-order chi connectivity index (χ1) is 16.2. The molecule has 6 heteroatoms. The first kappa shape index (κ1) is 20.6. The average Bonchev–Trinajstić information content (AvgIpc) is 3.34. The van der Waals surface area contributed by atoms with Crippen LogP contribution in [0, 0.1) is 0 Å². The average molecular weight is 439 g/mol. The van der Waals surface area contributed by atoms with E-state index in [2.05, 4.69) is 4.98 Å². The van der Waals surface area contributed by atoms with Crippen LogP contribution in [0.2, 0.25) is 0 Å². The van der Waals surface area contributed by atoms with E-state index in [1.165, 1.54) is 0 Å². The van der Waals surface area contributed by atoms with Gasteiger partial charge >= 0.3 is 0 Å². The summed E-state index contributed by atoms with van der Waals surface area (Å²) < 4.78 is 22.2. The first-order valence-corrected chi connectivity index (χ1v) is 10.5. The van der Waals surface area contributed by atoms with Gasteiger partial charge in [0.1, 0.15) is 23.6 Å². The molecule has 0 amide bonds. The van der Waals surface area contributed by atoms with Gasteiger partial charge in [0.25, 0.3) is 0 Å². The van der Waals surface area contributed by atoms with Gasteiger partial charge < -0.3 is 18.9 Å². The Balaban J connectivity index is 1.34. The van der Waals surface area contributed by atoms with Crippen molar-refractivity contribution in [2.45, 2.75) is 6.61 Å². The molecule has 164 valence electrons. The van der Waals surface area contributed by atoms with Crippen LogP contribution in [0.1, 0.15) is 21.5 Å². The second kappa shape index (κ2) is 9.04. The van der Waals surface area contributed by atoms with Crippen molar-refractivity contribution in [3.8, 4) is 23.0 Å². The second-order valence-corrected chi connectivity index (χ2v) is 7.46. The lowest BCUT2D eigenvalue weighted by Crippen LogP contribution is -2.00. The van der Waals surface area contributed by atoms with Crippen LogP contribution in [0.25, 0.3) is 17.0 Å². The molecule has 0 atom stereocenters. The highest BCUT2D eigenvalue weighted by atomic mass is 16.7. The van der Waals surface area contributed by atoms with Crippen LogP contribution in [-0.2, 0) is 6.61 Å². The van der Waals surface area contributed by atoms with Crippen LogP contribution in [-0.4, -0.2) is 24.7 Å². The second-order valence-electron chi connectivity index (χ2n) is 7.46. The molecule has 6 nitrogen and oxygen atoms in total. The van der Waals surface area contributed by atoms with Crippen LogP contribution in [0.4, 0.5) is 0 Å². The predicted octanol–water partition coefficient (Wildman–Crippen LogP) is 5.45. The van der Waals surface area contributed by atoms with Crippen molar-refractivity contribution in [3.63, 3.8) is 0 Å². The lowest BCUT2D eigenvalue weighted by Gasteiger charge is -2.12. The summed E-state index contributed by atoms with van der Waals surface area (Å²) in [5.41, 5.74) is 3.07. The van der Waals surface area contributed by atoms with Gasteiger partial charge in [0.15, 0.2) is 17.3 Å². The Labute approximate surface area is 191 Å². The van der Waals surface area contributed by atoms with Crippen LogP contribution in [0.5, 0.6) is 23.0 Å². The molecule has 0 saturated heterocycles. The third kappa shape index (κ3) is 4.36. The number of benzene rings is 3. The molecule has 4 aromatic rings. The quantitative estimate of drug-likeness (QED) is 0.282. The Morgan fingerprint density at radius 3 is 2.79 bits per heavy atom. The molecular weight excluding hydrogens is 418 g/mol. The number of pyridine rings is 1. The fraction of sp³-hybridized carbons (Fsp3) is 0.111.